The molecule has 7 nitrogen and oxygen atoms in total. The molecule has 0 N–H and O–H groups in total. The van der Waals surface area contributed by atoms with Crippen LogP contribution in [0.15, 0.2) is 23.0 Å². The van der Waals surface area contributed by atoms with E-state index < -0.39 is 0 Å². The van der Waals surface area contributed by atoms with Gasteiger partial charge in [-0.1, -0.05) is 19.0 Å². The second kappa shape index (κ2) is 6.16. The average molecular weight is 317 g/mol. The molecule has 1 saturated heterocycles. The maximum atomic E-state index is 12.7. The Kier molecular flexibility index (Phi) is 4.21. The van der Waals surface area contributed by atoms with Gasteiger partial charge in [-0.2, -0.15) is 0 Å². The molecule has 7 heteroatoms. The highest BCUT2D eigenvalue weighted by Crippen LogP contribution is 2.24. The van der Waals surface area contributed by atoms with Crippen molar-refractivity contribution in [3.8, 4) is 0 Å². The summed E-state index contributed by atoms with van der Waals surface area (Å²) in [6.45, 7) is 6.12. The van der Waals surface area contributed by atoms with Crippen LogP contribution in [0.5, 0.6) is 0 Å². The Bertz CT molecular complexity index is 690. The minimum absolute atomic E-state index is 0.0760. The molecule has 2 aromatic rings. The number of piperazine rings is 1. The van der Waals surface area contributed by atoms with Crippen molar-refractivity contribution in [3.63, 3.8) is 0 Å². The summed E-state index contributed by atoms with van der Waals surface area (Å²) < 4.78 is 7.26. The molecule has 3 rings (SSSR count). The van der Waals surface area contributed by atoms with Gasteiger partial charge in [0, 0.05) is 51.1 Å². The van der Waals surface area contributed by atoms with E-state index in [1.54, 1.807) is 12.3 Å². The number of imidazole rings is 1. The van der Waals surface area contributed by atoms with Crippen LogP contribution in [0.3, 0.4) is 0 Å². The topological polar surface area (TPSA) is 67.4 Å². The molecule has 124 valence electrons. The summed E-state index contributed by atoms with van der Waals surface area (Å²) in [5.74, 6) is 1.85. The van der Waals surface area contributed by atoms with Gasteiger partial charge in [-0.3, -0.25) is 9.69 Å². The van der Waals surface area contributed by atoms with Crippen LogP contribution < -0.4 is 0 Å². The normalized spacial score (nSPS) is 19.5. The Morgan fingerprint density at radius 2 is 2.13 bits per heavy atom. The standard InChI is InChI=1S/C16H23N5O2/c1-11(2)14-9-12(18-23-14)16(22)21-8-7-19(3)13(10-21)15-17-5-6-20(15)4/h5-6,9,11,13H,7-8,10H2,1-4H3/t13-/m0/s1. The van der Waals surface area contributed by atoms with E-state index in [4.69, 9.17) is 4.52 Å². The number of aromatic nitrogens is 3. The molecule has 0 unspecified atom stereocenters. The van der Waals surface area contributed by atoms with Gasteiger partial charge in [-0.25, -0.2) is 4.98 Å². The number of aryl methyl sites for hydroxylation is 1. The first kappa shape index (κ1) is 15.7. The van der Waals surface area contributed by atoms with Gasteiger partial charge in [0.2, 0.25) is 0 Å². The van der Waals surface area contributed by atoms with Crippen molar-refractivity contribution in [2.75, 3.05) is 26.7 Å². The molecule has 0 aliphatic carbocycles. The zero-order valence-electron chi connectivity index (χ0n) is 14.1. The molecular weight excluding hydrogens is 294 g/mol. The smallest absolute Gasteiger partial charge is 0.276 e. The lowest BCUT2D eigenvalue weighted by atomic mass is 10.1. The van der Waals surface area contributed by atoms with E-state index in [2.05, 4.69) is 22.1 Å². The first-order chi connectivity index (χ1) is 11.0. The Labute approximate surface area is 135 Å². The van der Waals surface area contributed by atoms with Gasteiger partial charge < -0.3 is 14.0 Å². The van der Waals surface area contributed by atoms with Crippen LogP contribution in [-0.2, 0) is 7.05 Å². The molecule has 0 aromatic carbocycles. The van der Waals surface area contributed by atoms with Crippen molar-refractivity contribution in [2.45, 2.75) is 25.8 Å². The molecule has 0 radical (unpaired) electrons. The van der Waals surface area contributed by atoms with Crippen LogP contribution in [0.25, 0.3) is 0 Å². The molecule has 0 saturated carbocycles. The van der Waals surface area contributed by atoms with Gasteiger partial charge in [-0.15, -0.1) is 0 Å². The largest absolute Gasteiger partial charge is 0.360 e. The van der Waals surface area contributed by atoms with E-state index >= 15 is 0 Å². The maximum Gasteiger partial charge on any atom is 0.276 e. The number of hydrogen-bond acceptors (Lipinski definition) is 5. The fraction of sp³-hybridized carbons (Fsp3) is 0.562. The highest BCUT2D eigenvalue weighted by Gasteiger charge is 2.32. The molecule has 1 fully saturated rings. The van der Waals surface area contributed by atoms with Gasteiger partial charge in [-0.05, 0) is 7.05 Å². The van der Waals surface area contributed by atoms with Gasteiger partial charge >= 0.3 is 0 Å². The van der Waals surface area contributed by atoms with Crippen LogP contribution in [0, 0.1) is 0 Å². The first-order valence-corrected chi connectivity index (χ1v) is 7.90. The van der Waals surface area contributed by atoms with Crippen molar-refractivity contribution in [1.29, 1.82) is 0 Å². The third-order valence-electron chi connectivity index (χ3n) is 4.41. The molecule has 2 aromatic heterocycles. The number of nitrogens with zero attached hydrogens (tertiary/aromatic N) is 5. The minimum atomic E-state index is -0.0760. The summed E-state index contributed by atoms with van der Waals surface area (Å²) in [7, 11) is 4.04. The van der Waals surface area contributed by atoms with E-state index in [0.29, 0.717) is 18.8 Å². The second-order valence-electron chi connectivity index (χ2n) is 6.41. The number of likely N-dealkylation sites (N-methyl/N-ethyl adjacent to an activating group) is 1. The third-order valence-corrected chi connectivity index (χ3v) is 4.41. The number of hydrogen-bond donors (Lipinski definition) is 0. The first-order valence-electron chi connectivity index (χ1n) is 7.90. The van der Waals surface area contributed by atoms with Crippen LogP contribution in [0.1, 0.15) is 47.9 Å². The van der Waals surface area contributed by atoms with Gasteiger partial charge in [0.15, 0.2) is 5.69 Å². The monoisotopic (exact) mass is 317 g/mol. The van der Waals surface area contributed by atoms with E-state index in [1.165, 1.54) is 0 Å². The summed E-state index contributed by atoms with van der Waals surface area (Å²) in [5, 5.41) is 3.94. The van der Waals surface area contributed by atoms with Crippen molar-refractivity contribution in [2.24, 2.45) is 7.05 Å². The number of rotatable bonds is 3. The van der Waals surface area contributed by atoms with Gasteiger partial charge in [0.1, 0.15) is 11.6 Å². The fourth-order valence-electron chi connectivity index (χ4n) is 2.86. The van der Waals surface area contributed by atoms with E-state index in [-0.39, 0.29) is 17.9 Å². The summed E-state index contributed by atoms with van der Waals surface area (Å²) in [6, 6.07) is 1.84. The van der Waals surface area contributed by atoms with Crippen molar-refractivity contribution in [3.05, 3.63) is 35.7 Å². The lowest BCUT2D eigenvalue weighted by Gasteiger charge is -2.38. The summed E-state index contributed by atoms with van der Waals surface area (Å²) in [6.07, 6.45) is 3.72. The maximum absolute atomic E-state index is 12.7. The molecule has 23 heavy (non-hydrogen) atoms. The Morgan fingerprint density at radius 3 is 2.74 bits per heavy atom. The Hall–Kier alpha value is -2.15. The second-order valence-corrected chi connectivity index (χ2v) is 6.41. The number of amides is 1. The van der Waals surface area contributed by atoms with Crippen molar-refractivity contribution >= 4 is 5.91 Å². The molecular formula is C16H23N5O2. The number of carbonyl (C=O) groups excluding carboxylic acids is 1. The van der Waals surface area contributed by atoms with Crippen molar-refractivity contribution < 1.29 is 9.32 Å². The summed E-state index contributed by atoms with van der Waals surface area (Å²) in [4.78, 5) is 21.2. The molecule has 1 aliphatic heterocycles. The highest BCUT2D eigenvalue weighted by atomic mass is 16.5. The van der Waals surface area contributed by atoms with E-state index in [0.717, 1.165) is 18.1 Å². The zero-order valence-corrected chi connectivity index (χ0v) is 14.1. The van der Waals surface area contributed by atoms with E-state index in [1.807, 2.05) is 36.6 Å². The Morgan fingerprint density at radius 1 is 1.35 bits per heavy atom. The molecule has 0 spiro atoms. The molecule has 0 bridgehead atoms. The predicted octanol–water partition coefficient (Wildman–Crippen LogP) is 1.66. The van der Waals surface area contributed by atoms with Crippen LogP contribution in [0.2, 0.25) is 0 Å². The lowest BCUT2D eigenvalue weighted by molar-refractivity contribution is 0.0519. The highest BCUT2D eigenvalue weighted by molar-refractivity contribution is 5.92. The predicted molar refractivity (Wildman–Crippen MR) is 85.1 cm³/mol. The van der Waals surface area contributed by atoms with Gasteiger partial charge in [0.25, 0.3) is 5.91 Å². The zero-order chi connectivity index (χ0) is 16.6. The molecule has 1 amide bonds. The number of carbonyl (C=O) groups is 1. The van der Waals surface area contributed by atoms with Crippen molar-refractivity contribution in [1.82, 2.24) is 24.5 Å². The van der Waals surface area contributed by atoms with E-state index in [9.17, 15) is 4.79 Å². The minimum Gasteiger partial charge on any atom is -0.360 e. The Balaban J connectivity index is 1.77. The molecule has 1 aliphatic rings. The van der Waals surface area contributed by atoms with Crippen LogP contribution in [-0.4, -0.2) is 57.1 Å². The average Bonchev–Trinajstić information content (AvgIpc) is 3.16. The van der Waals surface area contributed by atoms with Gasteiger partial charge in [0.05, 0.1) is 6.04 Å². The van der Waals surface area contributed by atoms with Crippen LogP contribution >= 0.6 is 0 Å². The molecule has 3 heterocycles. The summed E-state index contributed by atoms with van der Waals surface area (Å²) >= 11 is 0. The van der Waals surface area contributed by atoms with Crippen LogP contribution in [0.4, 0.5) is 0 Å². The fourth-order valence-corrected chi connectivity index (χ4v) is 2.86. The SMILES string of the molecule is CC(C)c1cc(C(=O)N2CCN(C)[C@H](c3nccn3C)C2)no1. The molecule has 1 atom stereocenters. The lowest BCUT2D eigenvalue weighted by Crippen LogP contribution is -2.49. The summed E-state index contributed by atoms with van der Waals surface area (Å²) in [5.41, 5.74) is 0.386. The third kappa shape index (κ3) is 3.01. The quantitative estimate of drug-likeness (QED) is 0.861.